The summed E-state index contributed by atoms with van der Waals surface area (Å²) in [5, 5.41) is 0. The summed E-state index contributed by atoms with van der Waals surface area (Å²) in [5.74, 6) is 0.979. The number of pyridine rings is 1. The summed E-state index contributed by atoms with van der Waals surface area (Å²) in [4.78, 5) is 4.79. The Labute approximate surface area is 94.1 Å². The van der Waals surface area contributed by atoms with E-state index in [1.165, 1.54) is 37.7 Å². The third-order valence-corrected chi connectivity index (χ3v) is 4.03. The molecule has 1 aliphatic carbocycles. The molecular weight excluding hydrogens is 238 g/mol. The minimum absolute atomic E-state index is 0.768. The highest BCUT2D eigenvalue weighted by molar-refractivity contribution is 9.09. The topological polar surface area (TPSA) is 12.9 Å². The molecule has 76 valence electrons. The average molecular weight is 254 g/mol. The molecule has 1 fully saturated rings. The minimum Gasteiger partial charge on any atom is -0.265 e. The number of rotatable bonds is 5. The Balaban J connectivity index is 1.67. The molecule has 14 heavy (non-hydrogen) atoms. The molecule has 0 N–H and O–H groups in total. The molecule has 0 bridgehead atoms. The molecule has 1 aliphatic rings. The smallest absolute Gasteiger partial charge is 0.0270 e. The normalized spacial score (nSPS) is 18.1. The van der Waals surface area contributed by atoms with Crippen LogP contribution in [-0.4, -0.2) is 9.81 Å². The second kappa shape index (κ2) is 4.92. The fraction of sp³-hybridized carbons (Fsp3) is 0.583. The number of aromatic nitrogens is 1. The third-order valence-electron chi connectivity index (χ3n) is 2.83. The number of nitrogens with zero attached hydrogens (tertiary/aromatic N) is 1. The van der Waals surface area contributed by atoms with Crippen molar-refractivity contribution >= 4 is 15.9 Å². The molecule has 1 heterocycles. The molecule has 0 amide bonds. The van der Waals surface area contributed by atoms with E-state index in [-0.39, 0.29) is 0 Å². The Morgan fingerprint density at radius 2 is 2.07 bits per heavy atom. The molecule has 2 heteroatoms. The summed E-state index contributed by atoms with van der Waals surface area (Å²) in [6.45, 7) is 0. The van der Waals surface area contributed by atoms with Crippen molar-refractivity contribution in [3.8, 4) is 0 Å². The molecule has 0 aromatic carbocycles. The zero-order valence-corrected chi connectivity index (χ0v) is 9.91. The first kappa shape index (κ1) is 10.2. The molecular formula is C12H16BrN. The van der Waals surface area contributed by atoms with Gasteiger partial charge in [-0.05, 0) is 55.7 Å². The molecule has 2 rings (SSSR count). The Bertz CT molecular complexity index is 269. The molecule has 1 aromatic rings. The molecule has 0 spiro atoms. The zero-order chi connectivity index (χ0) is 9.80. The lowest BCUT2D eigenvalue weighted by Gasteiger charge is -2.07. The SMILES string of the molecule is BrC(CCCc1ccncc1)C1CC1. The van der Waals surface area contributed by atoms with E-state index in [9.17, 15) is 0 Å². The largest absolute Gasteiger partial charge is 0.265 e. The Hall–Kier alpha value is -0.370. The van der Waals surface area contributed by atoms with Crippen molar-refractivity contribution in [2.75, 3.05) is 0 Å². The second-order valence-corrected chi connectivity index (χ2v) is 5.28. The van der Waals surface area contributed by atoms with Gasteiger partial charge in [-0.1, -0.05) is 15.9 Å². The second-order valence-electron chi connectivity index (χ2n) is 4.10. The van der Waals surface area contributed by atoms with Crippen LogP contribution >= 0.6 is 15.9 Å². The molecule has 0 aliphatic heterocycles. The van der Waals surface area contributed by atoms with Gasteiger partial charge in [0, 0.05) is 17.2 Å². The van der Waals surface area contributed by atoms with Crippen molar-refractivity contribution in [2.24, 2.45) is 5.92 Å². The maximum Gasteiger partial charge on any atom is 0.0270 e. The highest BCUT2D eigenvalue weighted by Gasteiger charge is 2.28. The van der Waals surface area contributed by atoms with Gasteiger partial charge in [-0.25, -0.2) is 0 Å². The Morgan fingerprint density at radius 3 is 2.71 bits per heavy atom. The fourth-order valence-electron chi connectivity index (χ4n) is 1.74. The van der Waals surface area contributed by atoms with E-state index in [2.05, 4.69) is 33.0 Å². The fourth-order valence-corrected chi connectivity index (χ4v) is 2.60. The summed E-state index contributed by atoms with van der Waals surface area (Å²) in [5.41, 5.74) is 1.41. The summed E-state index contributed by atoms with van der Waals surface area (Å²) in [6.07, 6.45) is 10.4. The quantitative estimate of drug-likeness (QED) is 0.732. The molecule has 1 aromatic heterocycles. The predicted octanol–water partition coefficient (Wildman–Crippen LogP) is 3.58. The Kier molecular flexibility index (Phi) is 3.57. The van der Waals surface area contributed by atoms with Gasteiger partial charge in [-0.3, -0.25) is 4.98 Å². The van der Waals surface area contributed by atoms with Crippen molar-refractivity contribution < 1.29 is 0 Å². The Morgan fingerprint density at radius 1 is 1.36 bits per heavy atom. The average Bonchev–Trinajstić information content (AvgIpc) is 3.02. The van der Waals surface area contributed by atoms with Crippen LogP contribution in [0.15, 0.2) is 24.5 Å². The van der Waals surface area contributed by atoms with Crippen LogP contribution in [0.1, 0.15) is 31.2 Å². The standard InChI is InChI=1S/C12H16BrN/c13-12(11-4-5-11)3-1-2-10-6-8-14-9-7-10/h6-9,11-12H,1-5H2. The molecule has 1 nitrogen and oxygen atoms in total. The zero-order valence-electron chi connectivity index (χ0n) is 8.32. The van der Waals surface area contributed by atoms with Crippen LogP contribution in [0.2, 0.25) is 0 Å². The minimum atomic E-state index is 0.768. The first-order chi connectivity index (χ1) is 6.86. The van der Waals surface area contributed by atoms with Crippen LogP contribution in [0.25, 0.3) is 0 Å². The van der Waals surface area contributed by atoms with E-state index in [0.717, 1.165) is 10.7 Å². The van der Waals surface area contributed by atoms with Crippen molar-refractivity contribution in [1.82, 2.24) is 4.98 Å². The summed E-state index contributed by atoms with van der Waals surface area (Å²) in [7, 11) is 0. The summed E-state index contributed by atoms with van der Waals surface area (Å²) in [6, 6.07) is 4.22. The van der Waals surface area contributed by atoms with Crippen molar-refractivity contribution in [2.45, 2.75) is 36.9 Å². The van der Waals surface area contributed by atoms with E-state index in [1.807, 2.05) is 12.4 Å². The molecule has 1 saturated carbocycles. The van der Waals surface area contributed by atoms with Gasteiger partial charge in [0.2, 0.25) is 0 Å². The van der Waals surface area contributed by atoms with Gasteiger partial charge in [0.15, 0.2) is 0 Å². The van der Waals surface area contributed by atoms with Gasteiger partial charge >= 0.3 is 0 Å². The van der Waals surface area contributed by atoms with E-state index in [4.69, 9.17) is 0 Å². The number of halogens is 1. The summed E-state index contributed by atoms with van der Waals surface area (Å²) >= 11 is 3.77. The van der Waals surface area contributed by atoms with Gasteiger partial charge in [-0.15, -0.1) is 0 Å². The van der Waals surface area contributed by atoms with Crippen LogP contribution < -0.4 is 0 Å². The van der Waals surface area contributed by atoms with Crippen LogP contribution in [-0.2, 0) is 6.42 Å². The third kappa shape index (κ3) is 3.09. The van der Waals surface area contributed by atoms with E-state index < -0.39 is 0 Å². The molecule has 1 atom stereocenters. The predicted molar refractivity (Wildman–Crippen MR) is 62.6 cm³/mol. The summed E-state index contributed by atoms with van der Waals surface area (Å²) < 4.78 is 0. The number of aryl methyl sites for hydroxylation is 1. The van der Waals surface area contributed by atoms with Crippen LogP contribution in [0.5, 0.6) is 0 Å². The van der Waals surface area contributed by atoms with Crippen molar-refractivity contribution in [3.63, 3.8) is 0 Å². The highest BCUT2D eigenvalue weighted by atomic mass is 79.9. The van der Waals surface area contributed by atoms with E-state index in [0.29, 0.717) is 0 Å². The van der Waals surface area contributed by atoms with Crippen LogP contribution in [0.3, 0.4) is 0 Å². The molecule has 0 saturated heterocycles. The van der Waals surface area contributed by atoms with Crippen molar-refractivity contribution in [1.29, 1.82) is 0 Å². The monoisotopic (exact) mass is 253 g/mol. The molecule has 1 unspecified atom stereocenters. The first-order valence-corrected chi connectivity index (χ1v) is 6.31. The first-order valence-electron chi connectivity index (χ1n) is 5.39. The van der Waals surface area contributed by atoms with Gasteiger partial charge in [-0.2, -0.15) is 0 Å². The highest BCUT2D eigenvalue weighted by Crippen LogP contribution is 2.38. The van der Waals surface area contributed by atoms with Gasteiger partial charge in [0.05, 0.1) is 0 Å². The maximum absolute atomic E-state index is 4.02. The van der Waals surface area contributed by atoms with E-state index in [1.54, 1.807) is 0 Å². The van der Waals surface area contributed by atoms with E-state index >= 15 is 0 Å². The number of hydrogen-bond donors (Lipinski definition) is 0. The van der Waals surface area contributed by atoms with Gasteiger partial charge in [0.25, 0.3) is 0 Å². The number of hydrogen-bond acceptors (Lipinski definition) is 1. The van der Waals surface area contributed by atoms with Crippen molar-refractivity contribution in [3.05, 3.63) is 30.1 Å². The molecule has 0 radical (unpaired) electrons. The lowest BCUT2D eigenvalue weighted by atomic mass is 10.1. The lowest BCUT2D eigenvalue weighted by Crippen LogP contribution is -2.00. The van der Waals surface area contributed by atoms with Gasteiger partial charge in [0.1, 0.15) is 0 Å². The lowest BCUT2D eigenvalue weighted by molar-refractivity contribution is 0.653. The van der Waals surface area contributed by atoms with Gasteiger partial charge < -0.3 is 0 Å². The maximum atomic E-state index is 4.02. The number of alkyl halides is 1. The van der Waals surface area contributed by atoms with Crippen LogP contribution in [0, 0.1) is 5.92 Å². The van der Waals surface area contributed by atoms with Crippen LogP contribution in [0.4, 0.5) is 0 Å².